The lowest BCUT2D eigenvalue weighted by atomic mass is 10.2. The average Bonchev–Trinajstić information content (AvgIpc) is 3.27. The maximum atomic E-state index is 12.1. The van der Waals surface area contributed by atoms with Crippen LogP contribution in [-0.4, -0.2) is 36.4 Å². The molecule has 1 saturated carbocycles. The maximum absolute atomic E-state index is 12.1. The van der Waals surface area contributed by atoms with Gasteiger partial charge in [0.15, 0.2) is 0 Å². The molecule has 21 heavy (non-hydrogen) atoms. The molecular weight excluding hydrogens is 336 g/mol. The molecule has 0 unspecified atom stereocenters. The molecular formula is C14H19BrN4O2. The predicted octanol–water partition coefficient (Wildman–Crippen LogP) is 1.67. The molecule has 7 heteroatoms. The number of carbonyl (C=O) groups is 2. The molecule has 2 amide bonds. The number of amides is 2. The Kier molecular flexibility index (Phi) is 5.55. The second-order valence-corrected chi connectivity index (χ2v) is 5.92. The van der Waals surface area contributed by atoms with E-state index >= 15 is 0 Å². The quantitative estimate of drug-likeness (QED) is 0.650. The largest absolute Gasteiger partial charge is 0.372 e. The van der Waals surface area contributed by atoms with Crippen LogP contribution in [0.5, 0.6) is 0 Å². The zero-order valence-corrected chi connectivity index (χ0v) is 13.5. The van der Waals surface area contributed by atoms with E-state index in [1.165, 1.54) is 0 Å². The number of halogens is 1. The van der Waals surface area contributed by atoms with Crippen molar-refractivity contribution in [3.05, 3.63) is 22.3 Å². The topological polar surface area (TPSA) is 83.1 Å². The van der Waals surface area contributed by atoms with E-state index < -0.39 is 0 Å². The normalized spacial score (nSPS) is 13.6. The summed E-state index contributed by atoms with van der Waals surface area (Å²) in [6.07, 6.45) is 4.87. The highest BCUT2D eigenvalue weighted by Crippen LogP contribution is 2.19. The number of carbonyl (C=O) groups excluding carboxylic acids is 2. The summed E-state index contributed by atoms with van der Waals surface area (Å²) < 4.78 is 0.746. The van der Waals surface area contributed by atoms with E-state index in [1.54, 1.807) is 19.3 Å². The molecule has 0 atom stereocenters. The first-order valence-corrected chi connectivity index (χ1v) is 7.80. The Bertz CT molecular complexity index is 532. The van der Waals surface area contributed by atoms with Crippen LogP contribution < -0.4 is 16.0 Å². The molecule has 0 spiro atoms. The zero-order chi connectivity index (χ0) is 15.2. The van der Waals surface area contributed by atoms with E-state index in [9.17, 15) is 9.59 Å². The fourth-order valence-corrected chi connectivity index (χ4v) is 2.22. The second-order valence-electron chi connectivity index (χ2n) is 5.00. The number of anilines is 1. The van der Waals surface area contributed by atoms with Gasteiger partial charge >= 0.3 is 0 Å². The summed E-state index contributed by atoms with van der Waals surface area (Å²) in [4.78, 5) is 27.7. The number of rotatable bonds is 7. The van der Waals surface area contributed by atoms with E-state index in [4.69, 9.17) is 0 Å². The fourth-order valence-electron chi connectivity index (χ4n) is 1.89. The summed E-state index contributed by atoms with van der Waals surface area (Å²) in [6.45, 7) is 0.465. The van der Waals surface area contributed by atoms with Crippen molar-refractivity contribution in [3.8, 4) is 0 Å². The van der Waals surface area contributed by atoms with Gasteiger partial charge in [-0.1, -0.05) is 0 Å². The molecule has 1 aliphatic carbocycles. The molecule has 1 aliphatic rings. The van der Waals surface area contributed by atoms with Gasteiger partial charge in [-0.25, -0.2) is 4.98 Å². The SMILES string of the molecule is CNc1ncc(Br)cc1C(=O)NCCCC(=O)NC1CC1. The number of nitrogens with zero attached hydrogens (tertiary/aromatic N) is 1. The predicted molar refractivity (Wildman–Crippen MR) is 84.2 cm³/mol. The van der Waals surface area contributed by atoms with Gasteiger partial charge in [-0.15, -0.1) is 0 Å². The second kappa shape index (κ2) is 7.40. The summed E-state index contributed by atoms with van der Waals surface area (Å²) in [5.74, 6) is 0.393. The third-order valence-electron chi connectivity index (χ3n) is 3.14. The van der Waals surface area contributed by atoms with Crippen LogP contribution in [0.15, 0.2) is 16.7 Å². The van der Waals surface area contributed by atoms with Crippen molar-refractivity contribution in [3.63, 3.8) is 0 Å². The van der Waals surface area contributed by atoms with Crippen LogP contribution in [0, 0.1) is 0 Å². The number of hydrogen-bond acceptors (Lipinski definition) is 4. The first-order chi connectivity index (χ1) is 10.1. The number of pyridine rings is 1. The third-order valence-corrected chi connectivity index (χ3v) is 3.58. The lowest BCUT2D eigenvalue weighted by Gasteiger charge is -2.09. The monoisotopic (exact) mass is 354 g/mol. The highest BCUT2D eigenvalue weighted by molar-refractivity contribution is 9.10. The number of nitrogens with one attached hydrogen (secondary N) is 3. The van der Waals surface area contributed by atoms with Crippen molar-refractivity contribution >= 4 is 33.6 Å². The maximum Gasteiger partial charge on any atom is 0.255 e. The molecule has 0 bridgehead atoms. The van der Waals surface area contributed by atoms with Gasteiger partial charge in [0.25, 0.3) is 5.91 Å². The smallest absolute Gasteiger partial charge is 0.255 e. The highest BCUT2D eigenvalue weighted by atomic mass is 79.9. The van der Waals surface area contributed by atoms with Crippen molar-refractivity contribution in [1.29, 1.82) is 0 Å². The summed E-state index contributed by atoms with van der Waals surface area (Å²) in [5.41, 5.74) is 0.481. The van der Waals surface area contributed by atoms with Gasteiger partial charge in [0.05, 0.1) is 5.56 Å². The van der Waals surface area contributed by atoms with Crippen LogP contribution in [0.2, 0.25) is 0 Å². The molecule has 0 aromatic carbocycles. The van der Waals surface area contributed by atoms with E-state index in [2.05, 4.69) is 36.9 Å². The minimum Gasteiger partial charge on any atom is -0.372 e. The van der Waals surface area contributed by atoms with E-state index in [1.807, 2.05) is 0 Å². The van der Waals surface area contributed by atoms with Crippen molar-refractivity contribution < 1.29 is 9.59 Å². The first-order valence-electron chi connectivity index (χ1n) is 7.01. The van der Waals surface area contributed by atoms with Gasteiger partial charge < -0.3 is 16.0 Å². The summed E-state index contributed by atoms with van der Waals surface area (Å²) in [6, 6.07) is 2.10. The molecule has 0 saturated heterocycles. The minimum absolute atomic E-state index is 0.0618. The van der Waals surface area contributed by atoms with Crippen molar-refractivity contribution in [1.82, 2.24) is 15.6 Å². The van der Waals surface area contributed by atoms with Gasteiger partial charge in [-0.05, 0) is 41.3 Å². The van der Waals surface area contributed by atoms with Crippen LogP contribution in [-0.2, 0) is 4.79 Å². The summed E-state index contributed by atoms with van der Waals surface area (Å²) in [5, 5.41) is 8.61. The van der Waals surface area contributed by atoms with Gasteiger partial charge in [-0.2, -0.15) is 0 Å². The van der Waals surface area contributed by atoms with Crippen LogP contribution in [0.4, 0.5) is 5.82 Å². The Labute approximate surface area is 132 Å². The van der Waals surface area contributed by atoms with E-state index in [0.29, 0.717) is 36.8 Å². The van der Waals surface area contributed by atoms with E-state index in [-0.39, 0.29) is 11.8 Å². The molecule has 114 valence electrons. The zero-order valence-electron chi connectivity index (χ0n) is 11.9. The standard InChI is InChI=1S/C14H19BrN4O2/c1-16-13-11(7-9(15)8-18-13)14(21)17-6-2-3-12(20)19-10-4-5-10/h7-8,10H,2-6H2,1H3,(H,16,18)(H,17,21)(H,19,20). The van der Waals surface area contributed by atoms with Crippen LogP contribution in [0.3, 0.4) is 0 Å². The average molecular weight is 355 g/mol. The molecule has 3 N–H and O–H groups in total. The highest BCUT2D eigenvalue weighted by Gasteiger charge is 2.22. The van der Waals surface area contributed by atoms with Crippen LogP contribution in [0.1, 0.15) is 36.0 Å². The summed E-state index contributed by atoms with van der Waals surface area (Å²) >= 11 is 3.30. The lowest BCUT2D eigenvalue weighted by molar-refractivity contribution is -0.121. The minimum atomic E-state index is -0.198. The fraction of sp³-hybridized carbons (Fsp3) is 0.500. The van der Waals surface area contributed by atoms with Gasteiger partial charge in [0, 0.05) is 36.7 Å². The molecule has 1 aromatic heterocycles. The molecule has 2 rings (SSSR count). The Morgan fingerprint density at radius 3 is 2.86 bits per heavy atom. The number of aromatic nitrogens is 1. The molecule has 6 nitrogen and oxygen atoms in total. The van der Waals surface area contributed by atoms with Crippen LogP contribution in [0.25, 0.3) is 0 Å². The van der Waals surface area contributed by atoms with Crippen molar-refractivity contribution in [2.45, 2.75) is 31.7 Å². The molecule has 1 fully saturated rings. The Hall–Kier alpha value is -1.63. The molecule has 0 aliphatic heterocycles. The van der Waals surface area contributed by atoms with Crippen molar-refractivity contribution in [2.75, 3.05) is 18.9 Å². The van der Waals surface area contributed by atoms with Crippen LogP contribution >= 0.6 is 15.9 Å². The van der Waals surface area contributed by atoms with E-state index in [0.717, 1.165) is 17.3 Å². The van der Waals surface area contributed by atoms with Gasteiger partial charge in [-0.3, -0.25) is 9.59 Å². The Morgan fingerprint density at radius 2 is 2.19 bits per heavy atom. The first kappa shape index (κ1) is 15.8. The Balaban J connectivity index is 1.76. The van der Waals surface area contributed by atoms with Gasteiger partial charge in [0.2, 0.25) is 5.91 Å². The van der Waals surface area contributed by atoms with Crippen molar-refractivity contribution in [2.24, 2.45) is 0 Å². The molecule has 1 aromatic rings. The lowest BCUT2D eigenvalue weighted by Crippen LogP contribution is -2.29. The summed E-state index contributed by atoms with van der Waals surface area (Å²) in [7, 11) is 1.72. The van der Waals surface area contributed by atoms with Gasteiger partial charge in [0.1, 0.15) is 5.82 Å². The molecule has 1 heterocycles. The third kappa shape index (κ3) is 5.00. The molecule has 0 radical (unpaired) electrons. The Morgan fingerprint density at radius 1 is 1.43 bits per heavy atom. The number of hydrogen-bond donors (Lipinski definition) is 3.